The van der Waals surface area contributed by atoms with Gasteiger partial charge in [0.1, 0.15) is 5.69 Å². The van der Waals surface area contributed by atoms with E-state index in [1.807, 2.05) is 48.0 Å². The molecule has 0 aliphatic heterocycles. The Hall–Kier alpha value is -2.60. The van der Waals surface area contributed by atoms with Gasteiger partial charge in [0.15, 0.2) is 0 Å². The van der Waals surface area contributed by atoms with E-state index in [1.54, 1.807) is 29.5 Å². The van der Waals surface area contributed by atoms with Gasteiger partial charge in [-0.15, -0.1) is 0 Å². The van der Waals surface area contributed by atoms with E-state index in [9.17, 15) is 4.79 Å². The van der Waals surface area contributed by atoms with Crippen LogP contribution in [0.4, 0.5) is 11.6 Å². The summed E-state index contributed by atoms with van der Waals surface area (Å²) < 4.78 is 5.16. The first kappa shape index (κ1) is 14.3. The Morgan fingerprint density at radius 1 is 1.23 bits per heavy atom. The number of anilines is 2. The topological polar surface area (TPSA) is 58.4 Å². The Labute approximate surface area is 132 Å². The Kier molecular flexibility index (Phi) is 3.93. The molecule has 22 heavy (non-hydrogen) atoms. The van der Waals surface area contributed by atoms with Crippen LogP contribution < -0.4 is 10.2 Å². The smallest absolute Gasteiger partial charge is 0.258 e. The molecule has 1 amide bonds. The van der Waals surface area contributed by atoms with Gasteiger partial charge >= 0.3 is 0 Å². The van der Waals surface area contributed by atoms with Crippen LogP contribution >= 0.6 is 11.3 Å². The van der Waals surface area contributed by atoms with Gasteiger partial charge in [0, 0.05) is 42.4 Å². The molecule has 0 saturated carbocycles. The molecule has 2 heterocycles. The summed E-state index contributed by atoms with van der Waals surface area (Å²) in [5, 5.41) is 10.6. The van der Waals surface area contributed by atoms with Gasteiger partial charge < -0.3 is 9.42 Å². The fourth-order valence-corrected chi connectivity index (χ4v) is 2.63. The summed E-state index contributed by atoms with van der Waals surface area (Å²) in [6.45, 7) is 0. The van der Waals surface area contributed by atoms with Gasteiger partial charge in [0.05, 0.1) is 0 Å². The van der Waals surface area contributed by atoms with Gasteiger partial charge in [-0.25, -0.2) is 0 Å². The van der Waals surface area contributed by atoms with E-state index in [2.05, 4.69) is 10.5 Å². The van der Waals surface area contributed by atoms with Crippen LogP contribution in [0.2, 0.25) is 0 Å². The van der Waals surface area contributed by atoms with Crippen LogP contribution in [0, 0.1) is 0 Å². The third kappa shape index (κ3) is 3.01. The summed E-state index contributed by atoms with van der Waals surface area (Å²) in [5.41, 5.74) is 3.29. The average molecular weight is 313 g/mol. The minimum absolute atomic E-state index is 0.224. The van der Waals surface area contributed by atoms with Crippen LogP contribution in [0.25, 0.3) is 11.3 Å². The molecule has 0 fully saturated rings. The lowest BCUT2D eigenvalue weighted by Gasteiger charge is -2.12. The van der Waals surface area contributed by atoms with Gasteiger partial charge in [0.25, 0.3) is 5.91 Å². The lowest BCUT2D eigenvalue weighted by Crippen LogP contribution is -2.12. The van der Waals surface area contributed by atoms with Gasteiger partial charge in [-0.1, -0.05) is 5.16 Å². The molecular weight excluding hydrogens is 298 g/mol. The Balaban J connectivity index is 1.71. The molecule has 2 aromatic heterocycles. The normalized spacial score (nSPS) is 10.5. The second-order valence-electron chi connectivity index (χ2n) is 4.98. The van der Waals surface area contributed by atoms with E-state index in [4.69, 9.17) is 4.52 Å². The summed E-state index contributed by atoms with van der Waals surface area (Å²) in [5.74, 6) is 0.112. The number of benzene rings is 1. The number of hydrogen-bond acceptors (Lipinski definition) is 5. The van der Waals surface area contributed by atoms with E-state index in [0.717, 1.165) is 11.3 Å². The first-order chi connectivity index (χ1) is 10.6. The molecule has 1 aromatic carbocycles. The highest BCUT2D eigenvalue weighted by Gasteiger charge is 2.11. The molecule has 112 valence electrons. The summed E-state index contributed by atoms with van der Waals surface area (Å²) >= 11 is 1.59. The third-order valence-corrected chi connectivity index (χ3v) is 3.89. The fraction of sp³-hybridized carbons (Fsp3) is 0.125. The Morgan fingerprint density at radius 2 is 2.00 bits per heavy atom. The van der Waals surface area contributed by atoms with Crippen molar-refractivity contribution < 1.29 is 9.32 Å². The van der Waals surface area contributed by atoms with Crippen LogP contribution in [0.3, 0.4) is 0 Å². The minimum Gasteiger partial charge on any atom is -0.378 e. The monoisotopic (exact) mass is 313 g/mol. The summed E-state index contributed by atoms with van der Waals surface area (Å²) in [4.78, 5) is 14.2. The number of amides is 1. The van der Waals surface area contributed by atoms with Crippen LogP contribution in [0.1, 0.15) is 10.4 Å². The van der Waals surface area contributed by atoms with E-state index >= 15 is 0 Å². The molecule has 6 heteroatoms. The molecule has 3 aromatic rings. The molecule has 0 saturated heterocycles. The van der Waals surface area contributed by atoms with Gasteiger partial charge in [-0.05, 0) is 35.7 Å². The number of thiophene rings is 1. The van der Waals surface area contributed by atoms with E-state index in [1.165, 1.54) is 0 Å². The quantitative estimate of drug-likeness (QED) is 0.797. The largest absolute Gasteiger partial charge is 0.378 e. The Morgan fingerprint density at radius 3 is 2.64 bits per heavy atom. The van der Waals surface area contributed by atoms with Crippen molar-refractivity contribution in [1.82, 2.24) is 5.16 Å². The van der Waals surface area contributed by atoms with E-state index in [0.29, 0.717) is 17.1 Å². The van der Waals surface area contributed by atoms with Crippen molar-refractivity contribution in [3.63, 3.8) is 0 Å². The van der Waals surface area contributed by atoms with E-state index < -0.39 is 0 Å². The maximum atomic E-state index is 12.2. The molecular formula is C16H15N3O2S. The number of aromatic nitrogens is 1. The van der Waals surface area contributed by atoms with Gasteiger partial charge in [-0.2, -0.15) is 11.3 Å². The number of rotatable bonds is 4. The first-order valence-electron chi connectivity index (χ1n) is 6.71. The molecule has 0 unspecified atom stereocenters. The average Bonchev–Trinajstić information content (AvgIpc) is 3.18. The lowest BCUT2D eigenvalue weighted by atomic mass is 10.2. The number of hydrogen-bond donors (Lipinski definition) is 1. The highest BCUT2D eigenvalue weighted by molar-refractivity contribution is 7.08. The number of nitrogens with one attached hydrogen (secondary N) is 1. The van der Waals surface area contributed by atoms with Crippen LogP contribution in [0.5, 0.6) is 0 Å². The van der Waals surface area contributed by atoms with Crippen molar-refractivity contribution in [2.45, 2.75) is 0 Å². The van der Waals surface area contributed by atoms with Crippen molar-refractivity contribution in [1.29, 1.82) is 0 Å². The molecule has 0 bridgehead atoms. The first-order valence-corrected chi connectivity index (χ1v) is 7.66. The maximum absolute atomic E-state index is 12.2. The standard InChI is InChI=1S/C16H15N3O2S/c1-19(2)13-5-3-11(4-6-13)16(20)17-15-9-14(18-21-15)12-7-8-22-10-12/h3-10H,1-2H3,(H,17,20). The van der Waals surface area contributed by atoms with Crippen molar-refractivity contribution in [2.75, 3.05) is 24.3 Å². The number of nitrogens with zero attached hydrogens (tertiary/aromatic N) is 2. The second-order valence-corrected chi connectivity index (χ2v) is 5.76. The van der Waals surface area contributed by atoms with Crippen LogP contribution in [-0.2, 0) is 0 Å². The summed E-state index contributed by atoms with van der Waals surface area (Å²) in [7, 11) is 3.91. The molecule has 0 spiro atoms. The summed E-state index contributed by atoms with van der Waals surface area (Å²) in [6.07, 6.45) is 0. The van der Waals surface area contributed by atoms with Crippen molar-refractivity contribution >= 4 is 28.8 Å². The molecule has 3 rings (SSSR count). The third-order valence-electron chi connectivity index (χ3n) is 3.21. The van der Waals surface area contributed by atoms with Crippen molar-refractivity contribution in [3.8, 4) is 11.3 Å². The molecule has 0 aliphatic carbocycles. The highest BCUT2D eigenvalue weighted by atomic mass is 32.1. The van der Waals surface area contributed by atoms with E-state index in [-0.39, 0.29) is 5.91 Å². The number of carbonyl (C=O) groups is 1. The lowest BCUT2D eigenvalue weighted by molar-refractivity contribution is 0.102. The van der Waals surface area contributed by atoms with Gasteiger partial charge in [-0.3, -0.25) is 10.1 Å². The van der Waals surface area contributed by atoms with Crippen molar-refractivity contribution in [2.24, 2.45) is 0 Å². The minimum atomic E-state index is -0.224. The second kappa shape index (κ2) is 6.03. The Bertz CT molecular complexity index is 761. The zero-order valence-corrected chi connectivity index (χ0v) is 13.1. The maximum Gasteiger partial charge on any atom is 0.258 e. The van der Waals surface area contributed by atoms with Crippen LogP contribution in [-0.4, -0.2) is 25.2 Å². The van der Waals surface area contributed by atoms with Crippen LogP contribution in [0.15, 0.2) is 51.7 Å². The summed E-state index contributed by atoms with van der Waals surface area (Å²) in [6, 6.07) is 11.0. The zero-order valence-electron chi connectivity index (χ0n) is 12.2. The molecule has 0 aliphatic rings. The molecule has 0 radical (unpaired) electrons. The highest BCUT2D eigenvalue weighted by Crippen LogP contribution is 2.24. The molecule has 0 atom stereocenters. The van der Waals surface area contributed by atoms with Gasteiger partial charge in [0.2, 0.25) is 5.88 Å². The fourth-order valence-electron chi connectivity index (χ4n) is 1.98. The number of carbonyl (C=O) groups excluding carboxylic acids is 1. The predicted molar refractivity (Wildman–Crippen MR) is 88.5 cm³/mol. The van der Waals surface area contributed by atoms with Crippen molar-refractivity contribution in [3.05, 3.63) is 52.7 Å². The zero-order chi connectivity index (χ0) is 15.5. The molecule has 1 N–H and O–H groups in total. The predicted octanol–water partition coefficient (Wildman–Crippen LogP) is 3.72. The molecule has 5 nitrogen and oxygen atoms in total. The SMILES string of the molecule is CN(C)c1ccc(C(=O)Nc2cc(-c3ccsc3)no2)cc1.